The van der Waals surface area contributed by atoms with E-state index in [1.165, 1.54) is 16.4 Å². The Morgan fingerprint density at radius 1 is 1.21 bits per heavy atom. The molecule has 1 N–H and O–H groups in total. The van der Waals surface area contributed by atoms with Gasteiger partial charge in [0.2, 0.25) is 5.91 Å². The summed E-state index contributed by atoms with van der Waals surface area (Å²) in [4.78, 5) is 30.9. The van der Waals surface area contributed by atoms with Gasteiger partial charge in [0.05, 0.1) is 22.2 Å². The number of carbonyl (C=O) groups excluding carboxylic acids is 1. The fourth-order valence-electron chi connectivity index (χ4n) is 3.52. The number of unbranched alkanes of at least 4 members (excludes halogenated alkanes) is 1. The van der Waals surface area contributed by atoms with Crippen molar-refractivity contribution in [1.29, 1.82) is 5.26 Å². The summed E-state index contributed by atoms with van der Waals surface area (Å²) in [6, 6.07) is 15.1. The molecular formula is C25H29N5O2S. The molecule has 8 heteroatoms. The van der Waals surface area contributed by atoms with Gasteiger partial charge in [-0.15, -0.1) is 0 Å². The quantitative estimate of drug-likeness (QED) is 0.468. The largest absolute Gasteiger partial charge is 0.319 e. The van der Waals surface area contributed by atoms with E-state index in [-0.39, 0.29) is 17.2 Å². The smallest absolute Gasteiger partial charge is 0.295 e. The number of nitrogens with zero attached hydrogens (tertiary/aromatic N) is 4. The van der Waals surface area contributed by atoms with Gasteiger partial charge in [-0.05, 0) is 50.5 Å². The molecule has 2 aromatic heterocycles. The number of thioether (sulfide) groups is 1. The minimum Gasteiger partial charge on any atom is -0.319 e. The third-order valence-corrected chi connectivity index (χ3v) is 6.91. The summed E-state index contributed by atoms with van der Waals surface area (Å²) in [7, 11) is 1.79. The van der Waals surface area contributed by atoms with Crippen LogP contribution >= 0.6 is 11.8 Å². The van der Waals surface area contributed by atoms with Crippen LogP contribution in [0.1, 0.15) is 50.1 Å². The molecule has 1 aromatic carbocycles. The molecule has 0 bridgehead atoms. The van der Waals surface area contributed by atoms with Gasteiger partial charge < -0.3 is 5.32 Å². The van der Waals surface area contributed by atoms with Crippen LogP contribution in [0.15, 0.2) is 52.3 Å². The number of rotatable bonds is 9. The lowest BCUT2D eigenvalue weighted by molar-refractivity contribution is -0.115. The third-order valence-electron chi connectivity index (χ3n) is 5.54. The highest BCUT2D eigenvalue weighted by Crippen LogP contribution is 2.28. The summed E-state index contributed by atoms with van der Waals surface area (Å²) in [6.07, 6.45) is 3.44. The lowest BCUT2D eigenvalue weighted by Gasteiger charge is -2.15. The van der Waals surface area contributed by atoms with E-state index in [9.17, 15) is 14.9 Å². The molecule has 0 aliphatic rings. The number of para-hydroxylation sites is 1. The molecule has 0 saturated heterocycles. The van der Waals surface area contributed by atoms with E-state index >= 15 is 0 Å². The fraction of sp³-hybridized carbons (Fsp3) is 0.360. The van der Waals surface area contributed by atoms with E-state index in [4.69, 9.17) is 0 Å². The number of benzene rings is 1. The van der Waals surface area contributed by atoms with E-state index in [1.807, 2.05) is 43.3 Å². The molecule has 1 atom stereocenters. The monoisotopic (exact) mass is 463 g/mol. The van der Waals surface area contributed by atoms with Crippen LogP contribution in [0.25, 0.3) is 5.69 Å². The van der Waals surface area contributed by atoms with Gasteiger partial charge in [-0.2, -0.15) is 5.26 Å². The second-order valence-corrected chi connectivity index (χ2v) is 9.00. The Labute approximate surface area is 198 Å². The predicted octanol–water partition coefficient (Wildman–Crippen LogP) is 4.60. The average Bonchev–Trinajstić information content (AvgIpc) is 3.04. The minimum absolute atomic E-state index is 0.260. The molecule has 3 aromatic rings. The standard InChI is InChI=1S/C25H29N5O2S/c1-5-7-11-19-15-14-18(16-26)24(27-19)33-21(6-2)23(31)28-22-17(3)29(4)30(25(22)32)20-12-9-8-10-13-20/h8-10,12-15,21H,5-7,11H2,1-4H3,(H,28,31). The van der Waals surface area contributed by atoms with Crippen molar-refractivity contribution in [2.45, 2.75) is 56.7 Å². The first-order chi connectivity index (χ1) is 15.9. The molecule has 0 radical (unpaired) electrons. The van der Waals surface area contributed by atoms with Crippen LogP contribution in [0.2, 0.25) is 0 Å². The first kappa shape index (κ1) is 24.3. The van der Waals surface area contributed by atoms with Crippen LogP contribution in [0.4, 0.5) is 5.69 Å². The maximum Gasteiger partial charge on any atom is 0.295 e. The zero-order valence-electron chi connectivity index (χ0n) is 19.5. The lowest BCUT2D eigenvalue weighted by Crippen LogP contribution is -2.28. The van der Waals surface area contributed by atoms with E-state index in [0.717, 1.165) is 30.6 Å². The molecule has 0 aliphatic heterocycles. The molecule has 33 heavy (non-hydrogen) atoms. The summed E-state index contributed by atoms with van der Waals surface area (Å²) in [6.45, 7) is 5.83. The second-order valence-electron chi connectivity index (χ2n) is 7.81. The molecule has 1 unspecified atom stereocenters. The predicted molar refractivity (Wildman–Crippen MR) is 132 cm³/mol. The summed E-state index contributed by atoms with van der Waals surface area (Å²) >= 11 is 1.27. The molecule has 2 heterocycles. The molecule has 7 nitrogen and oxygen atoms in total. The maximum atomic E-state index is 13.2. The third kappa shape index (κ3) is 5.37. The van der Waals surface area contributed by atoms with Crippen molar-refractivity contribution >= 4 is 23.4 Å². The van der Waals surface area contributed by atoms with Gasteiger partial charge in [0.15, 0.2) is 0 Å². The zero-order chi connectivity index (χ0) is 24.0. The molecule has 3 rings (SSSR count). The Bertz CT molecular complexity index is 1220. The summed E-state index contributed by atoms with van der Waals surface area (Å²) in [5, 5.41) is 12.4. The molecule has 0 fully saturated rings. The first-order valence-corrected chi connectivity index (χ1v) is 12.0. The Morgan fingerprint density at radius 2 is 1.94 bits per heavy atom. The molecule has 172 valence electrons. The number of amides is 1. The van der Waals surface area contributed by atoms with Crippen molar-refractivity contribution in [3.63, 3.8) is 0 Å². The van der Waals surface area contributed by atoms with E-state index in [2.05, 4.69) is 23.3 Å². The fourth-order valence-corrected chi connectivity index (χ4v) is 4.54. The molecule has 0 aliphatic carbocycles. The van der Waals surface area contributed by atoms with E-state index in [0.29, 0.717) is 22.7 Å². The summed E-state index contributed by atoms with van der Waals surface area (Å²) in [5.74, 6) is -0.279. The summed E-state index contributed by atoms with van der Waals surface area (Å²) in [5.41, 5.74) is 2.73. The van der Waals surface area contributed by atoms with Crippen molar-refractivity contribution in [1.82, 2.24) is 14.3 Å². The van der Waals surface area contributed by atoms with Crippen LogP contribution in [-0.4, -0.2) is 25.5 Å². The number of pyridine rings is 1. The molecule has 0 spiro atoms. The van der Waals surface area contributed by atoms with Crippen LogP contribution in [0.5, 0.6) is 0 Å². The SMILES string of the molecule is CCCCc1ccc(C#N)c(SC(CC)C(=O)Nc2c(C)n(C)n(-c3ccccc3)c2=O)n1. The Kier molecular flexibility index (Phi) is 8.12. The lowest BCUT2D eigenvalue weighted by atomic mass is 10.2. The maximum absolute atomic E-state index is 13.2. The number of anilines is 1. The van der Waals surface area contributed by atoms with Gasteiger partial charge >= 0.3 is 0 Å². The van der Waals surface area contributed by atoms with Crippen molar-refractivity contribution in [3.05, 3.63) is 69.8 Å². The second kappa shape index (κ2) is 11.0. The van der Waals surface area contributed by atoms with Gasteiger partial charge in [-0.25, -0.2) is 9.67 Å². The van der Waals surface area contributed by atoms with Gasteiger partial charge in [0.25, 0.3) is 5.56 Å². The minimum atomic E-state index is -0.491. The number of hydrogen-bond acceptors (Lipinski definition) is 5. The number of hydrogen-bond donors (Lipinski definition) is 1. The molecular weight excluding hydrogens is 434 g/mol. The van der Waals surface area contributed by atoms with Crippen molar-refractivity contribution in [2.75, 3.05) is 5.32 Å². The Balaban J connectivity index is 1.86. The van der Waals surface area contributed by atoms with Gasteiger partial charge in [0.1, 0.15) is 16.8 Å². The average molecular weight is 464 g/mol. The topological polar surface area (TPSA) is 92.7 Å². The highest BCUT2D eigenvalue weighted by atomic mass is 32.2. The van der Waals surface area contributed by atoms with Crippen LogP contribution in [0, 0.1) is 18.3 Å². The highest BCUT2D eigenvalue weighted by Gasteiger charge is 2.24. The zero-order valence-corrected chi connectivity index (χ0v) is 20.3. The van der Waals surface area contributed by atoms with Crippen molar-refractivity contribution in [2.24, 2.45) is 7.05 Å². The number of aromatic nitrogens is 3. The number of nitriles is 1. The van der Waals surface area contributed by atoms with Gasteiger partial charge in [-0.3, -0.25) is 14.3 Å². The van der Waals surface area contributed by atoms with Crippen molar-refractivity contribution in [3.8, 4) is 11.8 Å². The first-order valence-electron chi connectivity index (χ1n) is 11.1. The van der Waals surface area contributed by atoms with Gasteiger partial charge in [-0.1, -0.05) is 50.2 Å². The summed E-state index contributed by atoms with van der Waals surface area (Å²) < 4.78 is 3.26. The number of nitrogens with one attached hydrogen (secondary N) is 1. The van der Waals surface area contributed by atoms with Crippen molar-refractivity contribution < 1.29 is 4.79 Å². The van der Waals surface area contributed by atoms with Crippen LogP contribution < -0.4 is 10.9 Å². The van der Waals surface area contributed by atoms with Crippen LogP contribution in [0.3, 0.4) is 0 Å². The highest BCUT2D eigenvalue weighted by molar-refractivity contribution is 8.00. The normalized spacial score (nSPS) is 11.7. The van der Waals surface area contributed by atoms with E-state index < -0.39 is 5.25 Å². The van der Waals surface area contributed by atoms with Gasteiger partial charge in [0, 0.05) is 12.7 Å². The van der Waals surface area contributed by atoms with E-state index in [1.54, 1.807) is 24.7 Å². The Hall–Kier alpha value is -3.31. The molecule has 0 saturated carbocycles. The van der Waals surface area contributed by atoms with Crippen LogP contribution in [-0.2, 0) is 18.3 Å². The Morgan fingerprint density at radius 3 is 2.58 bits per heavy atom. The number of aryl methyl sites for hydroxylation is 1. The molecule has 1 amide bonds. The number of carbonyl (C=O) groups is 1.